The van der Waals surface area contributed by atoms with E-state index in [0.29, 0.717) is 0 Å². The van der Waals surface area contributed by atoms with Gasteiger partial charge in [-0.15, -0.1) is 0 Å². The molecule has 4 aromatic carbocycles. The van der Waals surface area contributed by atoms with Crippen LogP contribution in [0.3, 0.4) is 0 Å². The van der Waals surface area contributed by atoms with E-state index in [4.69, 9.17) is 9.31 Å². The van der Waals surface area contributed by atoms with Crippen molar-refractivity contribution in [1.82, 2.24) is 0 Å². The molecule has 0 N–H and O–H groups in total. The molecule has 1 aliphatic heterocycles. The molecule has 170 valence electrons. The molecule has 5 rings (SSSR count). The Morgan fingerprint density at radius 2 is 0.882 bits per heavy atom. The molecule has 1 heterocycles. The van der Waals surface area contributed by atoms with Gasteiger partial charge in [-0.2, -0.15) is 0 Å². The predicted octanol–water partition coefficient (Wildman–Crippen LogP) is 3.36. The van der Waals surface area contributed by atoms with Crippen LogP contribution in [-0.2, 0) is 9.31 Å². The van der Waals surface area contributed by atoms with Gasteiger partial charge in [0.1, 0.15) is 0 Å². The van der Waals surface area contributed by atoms with Gasteiger partial charge in [-0.1, -0.05) is 0 Å². The van der Waals surface area contributed by atoms with Gasteiger partial charge < -0.3 is 0 Å². The molecule has 0 aromatic heterocycles. The average Bonchev–Trinajstić information content (AvgIpc) is 3.09. The van der Waals surface area contributed by atoms with Crippen LogP contribution < -0.4 is 19.8 Å². The summed E-state index contributed by atoms with van der Waals surface area (Å²) in [6, 6.07) is 42.2. The second-order valence-corrected chi connectivity index (χ2v) is 20.9. The number of benzene rings is 4. The molecule has 4 heteroatoms. The van der Waals surface area contributed by atoms with Gasteiger partial charge in [-0.05, 0) is 0 Å². The summed E-state index contributed by atoms with van der Waals surface area (Å²) in [6.07, 6.45) is 0. The molecule has 0 saturated carbocycles. The molecule has 0 unspecified atom stereocenters. The van der Waals surface area contributed by atoms with E-state index in [1.165, 1.54) is 14.3 Å². The Kier molecular flexibility index (Phi) is 6.22. The minimum atomic E-state index is -3.63. The van der Waals surface area contributed by atoms with Crippen molar-refractivity contribution in [3.05, 3.63) is 115 Å². The first-order chi connectivity index (χ1) is 16.3. The second-order valence-electron chi connectivity index (χ2n) is 10.1. The fraction of sp³-hybridized carbons (Fsp3) is 0.200. The fourth-order valence-corrected chi connectivity index (χ4v) is 18.7. The minimum absolute atomic E-state index is 0.369. The molecule has 1 fully saturated rings. The van der Waals surface area contributed by atoms with Gasteiger partial charge >= 0.3 is 209 Å². The van der Waals surface area contributed by atoms with Crippen LogP contribution in [0.25, 0.3) is 0 Å². The van der Waals surface area contributed by atoms with Gasteiger partial charge in [-0.25, -0.2) is 0 Å². The average molecular weight is 553 g/mol. The van der Waals surface area contributed by atoms with Crippen molar-refractivity contribution >= 4 is 45.3 Å². The van der Waals surface area contributed by atoms with Gasteiger partial charge in [0.2, 0.25) is 0 Å². The third-order valence-corrected chi connectivity index (χ3v) is 21.1. The number of hydrogen-bond donors (Lipinski definition) is 0. The van der Waals surface area contributed by atoms with Gasteiger partial charge in [0.05, 0.1) is 0 Å². The van der Waals surface area contributed by atoms with Gasteiger partial charge in [0.15, 0.2) is 0 Å². The first-order valence-corrected chi connectivity index (χ1v) is 17.7. The maximum atomic E-state index is 6.44. The van der Waals surface area contributed by atoms with Gasteiger partial charge in [0.25, 0.3) is 0 Å². The Morgan fingerprint density at radius 1 is 0.500 bits per heavy atom. The summed E-state index contributed by atoms with van der Waals surface area (Å²) >= 11 is -3.63. The summed E-state index contributed by atoms with van der Waals surface area (Å²) in [4.78, 5) is 0. The van der Waals surface area contributed by atoms with E-state index in [1.807, 2.05) is 0 Å². The molecule has 4 aromatic rings. The summed E-state index contributed by atoms with van der Waals surface area (Å²) < 4.78 is 18.6. The standard InChI is InChI=1S/C12H16BO2.3C6H5.Sn/c1-11(2)12(3,4)15-13(14-11)10-8-6-5-7-9-10;3*1-2-4-6-5-3-1;/h5-6,8-9H,1-4H3;3*1-5H;. The first-order valence-electron chi connectivity index (χ1n) is 12.0. The SMILES string of the molecule is CC1(C)OB(c2ccc[c]([Sn]([c]3ccccc3)([c]3ccccc3)[c]3ccccc3)c2)OC1(C)C. The normalized spacial score (nSPS) is 17.0. The third-order valence-electron chi connectivity index (χ3n) is 7.47. The van der Waals surface area contributed by atoms with Gasteiger partial charge in [-0.3, -0.25) is 0 Å². The monoisotopic (exact) mass is 554 g/mol. The van der Waals surface area contributed by atoms with E-state index >= 15 is 0 Å². The van der Waals surface area contributed by atoms with Gasteiger partial charge in [0, 0.05) is 0 Å². The zero-order chi connectivity index (χ0) is 23.8. The van der Waals surface area contributed by atoms with Crippen molar-refractivity contribution in [3.8, 4) is 0 Å². The van der Waals surface area contributed by atoms with E-state index in [-0.39, 0.29) is 18.3 Å². The van der Waals surface area contributed by atoms with Crippen molar-refractivity contribution < 1.29 is 9.31 Å². The third kappa shape index (κ3) is 3.94. The van der Waals surface area contributed by atoms with E-state index in [9.17, 15) is 0 Å². The fourth-order valence-electron chi connectivity index (χ4n) is 4.96. The van der Waals surface area contributed by atoms with E-state index in [0.717, 1.165) is 5.46 Å². The van der Waals surface area contributed by atoms with Crippen LogP contribution >= 0.6 is 0 Å². The molecule has 0 aliphatic carbocycles. The van der Waals surface area contributed by atoms with Crippen molar-refractivity contribution in [2.45, 2.75) is 38.9 Å². The summed E-state index contributed by atoms with van der Waals surface area (Å²) in [5, 5.41) is 0. The Bertz CT molecular complexity index is 1140. The zero-order valence-electron chi connectivity index (χ0n) is 20.4. The van der Waals surface area contributed by atoms with E-state index in [1.54, 1.807) is 0 Å². The second kappa shape index (κ2) is 9.03. The molecular weight excluding hydrogens is 522 g/mol. The van der Waals surface area contributed by atoms with Crippen LogP contribution in [0.1, 0.15) is 27.7 Å². The van der Waals surface area contributed by atoms with Crippen LogP contribution in [-0.4, -0.2) is 36.7 Å². The predicted molar refractivity (Wildman–Crippen MR) is 146 cm³/mol. The molecule has 2 nitrogen and oxygen atoms in total. The summed E-state index contributed by atoms with van der Waals surface area (Å²) in [5.74, 6) is 0. The Hall–Kier alpha value is -2.34. The quantitative estimate of drug-likeness (QED) is 0.354. The van der Waals surface area contributed by atoms with Crippen LogP contribution in [0.4, 0.5) is 0 Å². The Balaban J connectivity index is 1.76. The molecule has 0 amide bonds. The molecule has 0 spiro atoms. The molecule has 0 atom stereocenters. The number of hydrogen-bond acceptors (Lipinski definition) is 2. The molecule has 0 radical (unpaired) electrons. The molecule has 34 heavy (non-hydrogen) atoms. The molecule has 0 bridgehead atoms. The summed E-state index contributed by atoms with van der Waals surface area (Å²) in [6.45, 7) is 8.44. The van der Waals surface area contributed by atoms with Crippen LogP contribution in [0.15, 0.2) is 115 Å². The maximum absolute atomic E-state index is 6.44. The summed E-state index contributed by atoms with van der Waals surface area (Å²) in [5.41, 5.74) is 0.346. The van der Waals surface area contributed by atoms with Crippen molar-refractivity contribution in [3.63, 3.8) is 0 Å². The van der Waals surface area contributed by atoms with Crippen LogP contribution in [0.5, 0.6) is 0 Å². The topological polar surface area (TPSA) is 18.5 Å². The Morgan fingerprint density at radius 3 is 1.29 bits per heavy atom. The molecular formula is C30H31BO2Sn. The zero-order valence-corrected chi connectivity index (χ0v) is 23.2. The van der Waals surface area contributed by atoms with Crippen molar-refractivity contribution in [1.29, 1.82) is 0 Å². The Labute approximate surface area is 208 Å². The van der Waals surface area contributed by atoms with Crippen LogP contribution in [0, 0.1) is 0 Å². The first kappa shape index (κ1) is 23.4. The molecule has 1 saturated heterocycles. The van der Waals surface area contributed by atoms with E-state index in [2.05, 4.69) is 143 Å². The summed E-state index contributed by atoms with van der Waals surface area (Å²) in [7, 11) is -0.378. The van der Waals surface area contributed by atoms with E-state index < -0.39 is 18.4 Å². The van der Waals surface area contributed by atoms with Crippen molar-refractivity contribution in [2.24, 2.45) is 0 Å². The number of rotatable bonds is 5. The van der Waals surface area contributed by atoms with Crippen molar-refractivity contribution in [2.75, 3.05) is 0 Å². The van der Waals surface area contributed by atoms with Crippen LogP contribution in [0.2, 0.25) is 0 Å². The molecule has 1 aliphatic rings.